The van der Waals surface area contributed by atoms with Crippen LogP contribution in [0.5, 0.6) is 0 Å². The molecule has 0 saturated heterocycles. The number of hydrogen-bond acceptors (Lipinski definition) is 3. The summed E-state index contributed by atoms with van der Waals surface area (Å²) < 4.78 is 3.18. The van der Waals surface area contributed by atoms with Gasteiger partial charge in [0.2, 0.25) is 0 Å². The highest BCUT2D eigenvalue weighted by Gasteiger charge is 2.21. The zero-order valence-corrected chi connectivity index (χ0v) is 15.7. The third kappa shape index (κ3) is 3.49. The number of carboxylic acid groups (broad SMARTS) is 1. The number of pyridine rings is 1. The number of carboxylic acids is 1. The standard InChI is InChI=1S/C17H12Cl3N3O3/c1-22-10(8-23-5-4-14(20)21-23)7-13(24)15(17(25)26)16(22)9-2-3-11(18)12(19)6-9/h2-7H,8H2,1H3,(H,25,26). The molecule has 0 fully saturated rings. The number of nitrogens with zero attached hydrogens (tertiary/aromatic N) is 3. The molecular formula is C17H12Cl3N3O3. The highest BCUT2D eigenvalue weighted by Crippen LogP contribution is 2.30. The van der Waals surface area contributed by atoms with E-state index in [-0.39, 0.29) is 22.8 Å². The molecule has 0 unspecified atom stereocenters. The molecule has 0 aliphatic heterocycles. The highest BCUT2D eigenvalue weighted by atomic mass is 35.5. The average Bonchev–Trinajstić information content (AvgIpc) is 2.97. The fourth-order valence-electron chi connectivity index (χ4n) is 2.68. The Morgan fingerprint density at radius 3 is 2.46 bits per heavy atom. The van der Waals surface area contributed by atoms with Gasteiger partial charge in [-0.3, -0.25) is 9.48 Å². The Balaban J connectivity index is 2.24. The first-order valence-corrected chi connectivity index (χ1v) is 8.52. The van der Waals surface area contributed by atoms with Gasteiger partial charge in [0.25, 0.3) is 0 Å². The first-order chi connectivity index (χ1) is 12.3. The van der Waals surface area contributed by atoms with Crippen LogP contribution in [0.25, 0.3) is 11.3 Å². The lowest BCUT2D eigenvalue weighted by Crippen LogP contribution is -2.23. The lowest BCUT2D eigenvalue weighted by Gasteiger charge is -2.17. The van der Waals surface area contributed by atoms with Crippen LogP contribution in [0.1, 0.15) is 16.1 Å². The van der Waals surface area contributed by atoms with Gasteiger partial charge < -0.3 is 9.67 Å². The Labute approximate surface area is 163 Å². The van der Waals surface area contributed by atoms with Gasteiger partial charge in [0.05, 0.1) is 22.3 Å². The Morgan fingerprint density at radius 2 is 1.88 bits per heavy atom. The fourth-order valence-corrected chi connectivity index (χ4v) is 3.13. The summed E-state index contributed by atoms with van der Waals surface area (Å²) >= 11 is 17.8. The highest BCUT2D eigenvalue weighted by molar-refractivity contribution is 6.42. The molecule has 1 N–H and O–H groups in total. The van der Waals surface area contributed by atoms with Gasteiger partial charge in [-0.15, -0.1) is 0 Å². The zero-order valence-electron chi connectivity index (χ0n) is 13.4. The molecule has 0 aliphatic rings. The van der Waals surface area contributed by atoms with Gasteiger partial charge in [0.1, 0.15) is 5.56 Å². The maximum Gasteiger partial charge on any atom is 0.341 e. The van der Waals surface area contributed by atoms with Crippen LogP contribution in [0.3, 0.4) is 0 Å². The maximum absolute atomic E-state index is 12.5. The van der Waals surface area contributed by atoms with Crippen molar-refractivity contribution in [1.82, 2.24) is 14.3 Å². The number of carbonyl (C=O) groups is 1. The van der Waals surface area contributed by atoms with Gasteiger partial charge in [0, 0.05) is 30.6 Å². The van der Waals surface area contributed by atoms with Crippen molar-refractivity contribution in [2.45, 2.75) is 6.54 Å². The molecule has 3 aromatic rings. The minimum atomic E-state index is -1.32. The van der Waals surface area contributed by atoms with Crippen molar-refractivity contribution in [2.24, 2.45) is 7.05 Å². The van der Waals surface area contributed by atoms with E-state index in [1.807, 2.05) is 0 Å². The number of hydrogen-bond donors (Lipinski definition) is 1. The van der Waals surface area contributed by atoms with Crippen molar-refractivity contribution in [3.8, 4) is 11.3 Å². The Kier molecular flexibility index (Phi) is 5.09. The Morgan fingerprint density at radius 1 is 1.15 bits per heavy atom. The molecule has 9 heteroatoms. The summed E-state index contributed by atoms with van der Waals surface area (Å²) in [6, 6.07) is 7.59. The second-order valence-electron chi connectivity index (χ2n) is 5.55. The quantitative estimate of drug-likeness (QED) is 0.704. The van der Waals surface area contributed by atoms with Gasteiger partial charge in [-0.1, -0.05) is 40.9 Å². The van der Waals surface area contributed by atoms with Crippen LogP contribution in [-0.2, 0) is 13.6 Å². The van der Waals surface area contributed by atoms with Gasteiger partial charge in [-0.25, -0.2) is 4.79 Å². The topological polar surface area (TPSA) is 77.1 Å². The normalized spacial score (nSPS) is 10.9. The molecule has 2 heterocycles. The maximum atomic E-state index is 12.5. The second-order valence-corrected chi connectivity index (χ2v) is 6.75. The zero-order chi connectivity index (χ0) is 19.0. The number of benzene rings is 1. The molecule has 6 nitrogen and oxygen atoms in total. The molecular weight excluding hydrogens is 401 g/mol. The molecule has 0 radical (unpaired) electrons. The van der Waals surface area contributed by atoms with Gasteiger partial charge in [-0.2, -0.15) is 5.10 Å². The second kappa shape index (κ2) is 7.15. The lowest BCUT2D eigenvalue weighted by molar-refractivity contribution is 0.0695. The van der Waals surface area contributed by atoms with E-state index in [1.165, 1.54) is 12.1 Å². The minimum absolute atomic E-state index is 0.233. The van der Waals surface area contributed by atoms with E-state index in [4.69, 9.17) is 34.8 Å². The first kappa shape index (κ1) is 18.5. The van der Waals surface area contributed by atoms with Crippen molar-refractivity contribution in [1.29, 1.82) is 0 Å². The molecule has 0 bridgehead atoms. The molecule has 0 aliphatic carbocycles. The summed E-state index contributed by atoms with van der Waals surface area (Å²) in [5.41, 5.74) is 0.312. The predicted octanol–water partition coefficient (Wildman–Crippen LogP) is 3.96. The molecule has 26 heavy (non-hydrogen) atoms. The molecule has 0 saturated carbocycles. The number of aromatic nitrogens is 3. The van der Waals surface area contributed by atoms with Gasteiger partial charge in [-0.05, 0) is 18.2 Å². The molecule has 0 atom stereocenters. The third-order valence-electron chi connectivity index (χ3n) is 3.89. The van der Waals surface area contributed by atoms with E-state index in [0.29, 0.717) is 21.4 Å². The van der Waals surface area contributed by atoms with Crippen LogP contribution in [0, 0.1) is 0 Å². The summed E-state index contributed by atoms with van der Waals surface area (Å²) in [5, 5.41) is 14.5. The number of aromatic carboxylic acids is 1. The van der Waals surface area contributed by atoms with E-state index in [9.17, 15) is 14.7 Å². The summed E-state index contributed by atoms with van der Waals surface area (Å²) in [6.45, 7) is 0.243. The van der Waals surface area contributed by atoms with Crippen molar-refractivity contribution < 1.29 is 9.90 Å². The smallest absolute Gasteiger partial charge is 0.341 e. The third-order valence-corrected chi connectivity index (χ3v) is 4.83. The number of rotatable bonds is 4. The fraction of sp³-hybridized carbons (Fsp3) is 0.118. The molecule has 134 valence electrons. The summed E-state index contributed by atoms with van der Waals surface area (Å²) in [4.78, 5) is 24.2. The minimum Gasteiger partial charge on any atom is -0.477 e. The summed E-state index contributed by atoms with van der Waals surface area (Å²) in [5.74, 6) is -1.32. The largest absolute Gasteiger partial charge is 0.477 e. The average molecular weight is 413 g/mol. The molecule has 2 aromatic heterocycles. The molecule has 1 aromatic carbocycles. The van der Waals surface area contributed by atoms with E-state index >= 15 is 0 Å². The Bertz CT molecular complexity index is 1070. The lowest BCUT2D eigenvalue weighted by atomic mass is 10.0. The van der Waals surface area contributed by atoms with Crippen LogP contribution in [0.2, 0.25) is 15.2 Å². The number of halogens is 3. The predicted molar refractivity (Wildman–Crippen MR) is 100 cm³/mol. The SMILES string of the molecule is Cn1c(Cn2ccc(Cl)n2)cc(=O)c(C(=O)O)c1-c1ccc(Cl)c(Cl)c1. The van der Waals surface area contributed by atoms with Gasteiger partial charge >= 0.3 is 5.97 Å². The van der Waals surface area contributed by atoms with Crippen LogP contribution in [-0.4, -0.2) is 25.4 Å². The van der Waals surface area contributed by atoms with Crippen LogP contribution in [0.4, 0.5) is 0 Å². The van der Waals surface area contributed by atoms with Crippen molar-refractivity contribution in [3.05, 3.63) is 73.2 Å². The van der Waals surface area contributed by atoms with Gasteiger partial charge in [0.15, 0.2) is 10.6 Å². The van der Waals surface area contributed by atoms with Crippen LogP contribution < -0.4 is 5.43 Å². The Hall–Kier alpha value is -2.28. The first-order valence-electron chi connectivity index (χ1n) is 7.38. The molecule has 3 rings (SSSR count). The van der Waals surface area contributed by atoms with Crippen molar-refractivity contribution >= 4 is 40.8 Å². The molecule has 0 spiro atoms. The summed E-state index contributed by atoms with van der Waals surface area (Å²) in [7, 11) is 1.67. The van der Waals surface area contributed by atoms with E-state index in [2.05, 4.69) is 5.10 Å². The van der Waals surface area contributed by atoms with E-state index in [0.717, 1.165) is 0 Å². The van der Waals surface area contributed by atoms with Crippen molar-refractivity contribution in [3.63, 3.8) is 0 Å². The van der Waals surface area contributed by atoms with Crippen LogP contribution in [0.15, 0.2) is 41.3 Å². The van der Waals surface area contributed by atoms with Crippen molar-refractivity contribution in [2.75, 3.05) is 0 Å². The van der Waals surface area contributed by atoms with E-state index in [1.54, 1.807) is 40.7 Å². The monoisotopic (exact) mass is 411 g/mol. The van der Waals surface area contributed by atoms with E-state index < -0.39 is 11.4 Å². The van der Waals surface area contributed by atoms with Crippen LogP contribution >= 0.6 is 34.8 Å². The summed E-state index contributed by atoms with van der Waals surface area (Å²) in [6.07, 6.45) is 1.66. The molecule has 0 amide bonds.